The SMILES string of the molecule is O=S(=O)(Cl)c1cc(Br)cc(Cl)c1OCc1ncccn1. The van der Waals surface area contributed by atoms with E-state index >= 15 is 0 Å². The van der Waals surface area contributed by atoms with Crippen LogP contribution in [0.1, 0.15) is 5.82 Å². The second-order valence-corrected chi connectivity index (χ2v) is 7.46. The third-order valence-corrected chi connectivity index (χ3v) is 4.27. The van der Waals surface area contributed by atoms with Gasteiger partial charge in [0.15, 0.2) is 11.6 Å². The largest absolute Gasteiger partial charge is 0.483 e. The predicted molar refractivity (Wildman–Crippen MR) is 78.6 cm³/mol. The van der Waals surface area contributed by atoms with Crippen LogP contribution in [0.15, 0.2) is 40.0 Å². The van der Waals surface area contributed by atoms with Crippen molar-refractivity contribution in [3.8, 4) is 5.75 Å². The minimum Gasteiger partial charge on any atom is -0.483 e. The van der Waals surface area contributed by atoms with Gasteiger partial charge in [0.25, 0.3) is 9.05 Å². The lowest BCUT2D eigenvalue weighted by molar-refractivity contribution is 0.288. The van der Waals surface area contributed by atoms with E-state index in [1.54, 1.807) is 18.5 Å². The van der Waals surface area contributed by atoms with Crippen molar-refractivity contribution in [2.45, 2.75) is 11.5 Å². The van der Waals surface area contributed by atoms with Crippen LogP contribution in [0.25, 0.3) is 0 Å². The zero-order valence-electron chi connectivity index (χ0n) is 9.76. The quantitative estimate of drug-likeness (QED) is 0.739. The molecule has 0 aliphatic rings. The number of aromatic nitrogens is 2. The Kier molecular flexibility index (Phi) is 4.85. The normalized spacial score (nSPS) is 11.3. The summed E-state index contributed by atoms with van der Waals surface area (Å²) < 4.78 is 29.0. The fourth-order valence-electron chi connectivity index (χ4n) is 1.40. The number of hydrogen-bond donors (Lipinski definition) is 0. The Hall–Kier alpha value is -0.890. The van der Waals surface area contributed by atoms with E-state index in [9.17, 15) is 8.42 Å². The van der Waals surface area contributed by atoms with E-state index < -0.39 is 9.05 Å². The van der Waals surface area contributed by atoms with E-state index in [1.165, 1.54) is 12.1 Å². The molecule has 0 unspecified atom stereocenters. The molecule has 20 heavy (non-hydrogen) atoms. The average Bonchev–Trinajstić information content (AvgIpc) is 2.37. The van der Waals surface area contributed by atoms with Crippen LogP contribution in [-0.2, 0) is 15.7 Å². The van der Waals surface area contributed by atoms with Gasteiger partial charge in [-0.15, -0.1) is 0 Å². The number of rotatable bonds is 4. The summed E-state index contributed by atoms with van der Waals surface area (Å²) >= 11 is 9.14. The van der Waals surface area contributed by atoms with Crippen LogP contribution < -0.4 is 4.74 Å². The predicted octanol–water partition coefficient (Wildman–Crippen LogP) is 3.40. The monoisotopic (exact) mass is 396 g/mol. The molecule has 0 amide bonds. The van der Waals surface area contributed by atoms with Crippen LogP contribution in [0, 0.1) is 0 Å². The van der Waals surface area contributed by atoms with Crippen LogP contribution in [0.4, 0.5) is 0 Å². The van der Waals surface area contributed by atoms with E-state index in [0.29, 0.717) is 10.3 Å². The third kappa shape index (κ3) is 3.82. The zero-order valence-corrected chi connectivity index (χ0v) is 13.7. The number of ether oxygens (including phenoxy) is 1. The summed E-state index contributed by atoms with van der Waals surface area (Å²) in [6, 6.07) is 4.48. The molecule has 0 aliphatic carbocycles. The van der Waals surface area contributed by atoms with Crippen LogP contribution in [0.2, 0.25) is 5.02 Å². The number of hydrogen-bond acceptors (Lipinski definition) is 5. The Balaban J connectivity index is 2.36. The van der Waals surface area contributed by atoms with Gasteiger partial charge < -0.3 is 4.74 Å². The first-order chi connectivity index (χ1) is 9.38. The summed E-state index contributed by atoms with van der Waals surface area (Å²) in [5, 5.41) is 0.120. The molecule has 0 atom stereocenters. The van der Waals surface area contributed by atoms with Crippen LogP contribution in [0.5, 0.6) is 5.75 Å². The average molecular weight is 398 g/mol. The summed E-state index contributed by atoms with van der Waals surface area (Å²) in [4.78, 5) is 7.71. The summed E-state index contributed by atoms with van der Waals surface area (Å²) in [7, 11) is 1.38. The van der Waals surface area contributed by atoms with Crippen molar-refractivity contribution in [2.24, 2.45) is 0 Å². The molecule has 1 aromatic heterocycles. The molecular weight excluding hydrogens is 391 g/mol. The number of benzene rings is 1. The molecule has 0 saturated heterocycles. The number of halogens is 3. The maximum absolute atomic E-state index is 11.5. The molecule has 2 aromatic rings. The molecule has 1 aromatic carbocycles. The van der Waals surface area contributed by atoms with E-state index in [2.05, 4.69) is 25.9 Å². The van der Waals surface area contributed by atoms with Gasteiger partial charge in [-0.25, -0.2) is 18.4 Å². The summed E-state index contributed by atoms with van der Waals surface area (Å²) in [5.74, 6) is 0.363. The van der Waals surface area contributed by atoms with Crippen molar-refractivity contribution >= 4 is 47.3 Å². The molecule has 0 spiro atoms. The summed E-state index contributed by atoms with van der Waals surface area (Å²) in [5.41, 5.74) is 0. The molecule has 0 bridgehead atoms. The van der Waals surface area contributed by atoms with Gasteiger partial charge in [0.2, 0.25) is 0 Å². The van der Waals surface area contributed by atoms with Gasteiger partial charge in [-0.05, 0) is 18.2 Å². The highest BCUT2D eigenvalue weighted by Crippen LogP contribution is 2.37. The lowest BCUT2D eigenvalue weighted by Gasteiger charge is -2.11. The fourth-order valence-corrected chi connectivity index (χ4v) is 3.47. The van der Waals surface area contributed by atoms with E-state index in [1.807, 2.05) is 0 Å². The van der Waals surface area contributed by atoms with Gasteiger partial charge in [-0.3, -0.25) is 0 Å². The van der Waals surface area contributed by atoms with E-state index in [4.69, 9.17) is 27.0 Å². The zero-order chi connectivity index (χ0) is 14.8. The Labute approximate surface area is 133 Å². The minimum atomic E-state index is -3.99. The Morgan fingerprint density at radius 2 is 1.90 bits per heavy atom. The molecular formula is C11H7BrCl2N2O3S. The molecule has 0 radical (unpaired) electrons. The van der Waals surface area contributed by atoms with Gasteiger partial charge >= 0.3 is 0 Å². The molecule has 0 N–H and O–H groups in total. The Bertz CT molecular complexity index is 726. The van der Waals surface area contributed by atoms with Gasteiger partial charge in [-0.1, -0.05) is 27.5 Å². The second-order valence-electron chi connectivity index (χ2n) is 3.61. The van der Waals surface area contributed by atoms with Crippen molar-refractivity contribution in [3.63, 3.8) is 0 Å². The van der Waals surface area contributed by atoms with Crippen LogP contribution in [0.3, 0.4) is 0 Å². The Morgan fingerprint density at radius 1 is 1.25 bits per heavy atom. The highest BCUT2D eigenvalue weighted by molar-refractivity contribution is 9.10. The van der Waals surface area contributed by atoms with Crippen molar-refractivity contribution in [1.29, 1.82) is 0 Å². The van der Waals surface area contributed by atoms with Crippen molar-refractivity contribution in [3.05, 3.63) is 45.9 Å². The number of nitrogens with zero attached hydrogens (tertiary/aromatic N) is 2. The van der Waals surface area contributed by atoms with Crippen molar-refractivity contribution in [2.75, 3.05) is 0 Å². The smallest absolute Gasteiger partial charge is 0.265 e. The standard InChI is InChI=1S/C11H7BrCl2N2O3S/c12-7-4-8(13)11(9(5-7)20(14,17)18)19-6-10-15-2-1-3-16-10/h1-5H,6H2. The lowest BCUT2D eigenvalue weighted by atomic mass is 10.3. The fraction of sp³-hybridized carbons (Fsp3) is 0.0909. The van der Waals surface area contributed by atoms with Crippen LogP contribution in [-0.4, -0.2) is 18.4 Å². The molecule has 0 aliphatic heterocycles. The van der Waals surface area contributed by atoms with Gasteiger partial charge in [0, 0.05) is 27.5 Å². The highest BCUT2D eigenvalue weighted by atomic mass is 79.9. The maximum Gasteiger partial charge on any atom is 0.265 e. The van der Waals surface area contributed by atoms with Gasteiger partial charge in [0.05, 0.1) is 5.02 Å². The van der Waals surface area contributed by atoms with Crippen LogP contribution >= 0.6 is 38.2 Å². The lowest BCUT2D eigenvalue weighted by Crippen LogP contribution is -2.04. The summed E-state index contributed by atoms with van der Waals surface area (Å²) in [6.07, 6.45) is 3.10. The molecule has 9 heteroatoms. The topological polar surface area (TPSA) is 69.2 Å². The van der Waals surface area contributed by atoms with E-state index in [0.717, 1.165) is 0 Å². The van der Waals surface area contributed by atoms with Crippen molar-refractivity contribution < 1.29 is 13.2 Å². The summed E-state index contributed by atoms with van der Waals surface area (Å²) in [6.45, 7) is -0.0262. The first kappa shape index (κ1) is 15.5. The maximum atomic E-state index is 11.5. The van der Waals surface area contributed by atoms with Gasteiger partial charge in [0.1, 0.15) is 11.5 Å². The first-order valence-electron chi connectivity index (χ1n) is 5.20. The molecule has 106 valence electrons. The molecule has 2 rings (SSSR count). The van der Waals surface area contributed by atoms with E-state index in [-0.39, 0.29) is 22.3 Å². The molecule has 0 fully saturated rings. The van der Waals surface area contributed by atoms with Crippen molar-refractivity contribution in [1.82, 2.24) is 9.97 Å². The molecule has 1 heterocycles. The minimum absolute atomic E-state index is 0.0262. The van der Waals surface area contributed by atoms with Gasteiger partial charge in [-0.2, -0.15) is 0 Å². The highest BCUT2D eigenvalue weighted by Gasteiger charge is 2.21. The first-order valence-corrected chi connectivity index (χ1v) is 8.68. The molecule has 0 saturated carbocycles. The molecule has 5 nitrogen and oxygen atoms in total. The third-order valence-electron chi connectivity index (χ3n) is 2.20. The Morgan fingerprint density at radius 3 is 2.50 bits per heavy atom. The second kappa shape index (κ2) is 6.26.